The van der Waals surface area contributed by atoms with Gasteiger partial charge in [-0.15, -0.1) is 0 Å². The molecule has 0 aliphatic heterocycles. The molecular weight excluding hydrogens is 514 g/mol. The molecule has 0 spiro atoms. The largest absolute Gasteiger partial charge is 0.467 e. The van der Waals surface area contributed by atoms with E-state index >= 15 is 0 Å². The lowest BCUT2D eigenvalue weighted by Crippen LogP contribution is -2.54. The Morgan fingerprint density at radius 1 is 0.825 bits per heavy atom. The molecule has 214 valence electrons. The number of hydrogen-bond donors (Lipinski definition) is 2. The highest BCUT2D eigenvalue weighted by Crippen LogP contribution is 2.15. The van der Waals surface area contributed by atoms with Gasteiger partial charge in [-0.25, -0.2) is 19.2 Å². The van der Waals surface area contributed by atoms with Gasteiger partial charge in [-0.1, -0.05) is 62.4 Å². The van der Waals surface area contributed by atoms with Crippen LogP contribution in [0.4, 0.5) is 15.3 Å². The topological polar surface area (TPSA) is 141 Å². The molecule has 0 radical (unpaired) electrons. The van der Waals surface area contributed by atoms with Gasteiger partial charge < -0.3 is 25.0 Å². The molecule has 0 bridgehead atoms. The van der Waals surface area contributed by atoms with E-state index in [0.29, 0.717) is 5.69 Å². The standard InChI is InChI=1S/C29H37N5O6/c1-21(2)25(27(36)40-4)32-28(37)33(17-11-16-30)18-19-34(23-14-9-6-10-15-23)29(38)31-24(26(35)39-3)20-22-12-7-5-8-13-22/h5-10,12-15,21,24-25H,11,17-20H2,1-4H3,(H,31,38)(H,32,37). The predicted molar refractivity (Wildman–Crippen MR) is 149 cm³/mol. The molecule has 0 heterocycles. The summed E-state index contributed by atoms with van der Waals surface area (Å²) < 4.78 is 9.74. The summed E-state index contributed by atoms with van der Waals surface area (Å²) in [5.74, 6) is -1.41. The average molecular weight is 552 g/mol. The number of rotatable bonds is 13. The van der Waals surface area contributed by atoms with E-state index in [4.69, 9.17) is 14.7 Å². The van der Waals surface area contributed by atoms with Gasteiger partial charge in [0.2, 0.25) is 0 Å². The van der Waals surface area contributed by atoms with Crippen molar-refractivity contribution >= 4 is 29.7 Å². The maximum absolute atomic E-state index is 13.5. The summed E-state index contributed by atoms with van der Waals surface area (Å²) in [4.78, 5) is 54.1. The van der Waals surface area contributed by atoms with Gasteiger partial charge in [0.1, 0.15) is 12.1 Å². The Balaban J connectivity index is 2.26. The number of methoxy groups -OCH3 is 2. The van der Waals surface area contributed by atoms with E-state index in [9.17, 15) is 19.2 Å². The highest BCUT2D eigenvalue weighted by Gasteiger charge is 2.29. The first-order valence-corrected chi connectivity index (χ1v) is 13.0. The van der Waals surface area contributed by atoms with Gasteiger partial charge in [0, 0.05) is 31.7 Å². The summed E-state index contributed by atoms with van der Waals surface area (Å²) in [6.45, 7) is 3.71. The molecule has 2 aromatic carbocycles. The monoisotopic (exact) mass is 551 g/mol. The van der Waals surface area contributed by atoms with Crippen molar-refractivity contribution in [3.05, 3.63) is 66.2 Å². The van der Waals surface area contributed by atoms with Crippen LogP contribution in [0.15, 0.2) is 60.7 Å². The first kappa shape index (κ1) is 31.6. The number of carbonyl (C=O) groups is 4. The predicted octanol–water partition coefficient (Wildman–Crippen LogP) is 3.11. The smallest absolute Gasteiger partial charge is 0.328 e. The molecule has 0 aliphatic rings. The molecule has 2 aromatic rings. The summed E-state index contributed by atoms with van der Waals surface area (Å²) >= 11 is 0. The van der Waals surface area contributed by atoms with Crippen molar-refractivity contribution in [3.63, 3.8) is 0 Å². The third-order valence-electron chi connectivity index (χ3n) is 6.15. The number of nitrogens with zero attached hydrogens (tertiary/aromatic N) is 3. The van der Waals surface area contributed by atoms with Crippen LogP contribution in [0.25, 0.3) is 0 Å². The van der Waals surface area contributed by atoms with Gasteiger partial charge in [0.15, 0.2) is 0 Å². The number of ether oxygens (including phenoxy) is 2. The van der Waals surface area contributed by atoms with Crippen molar-refractivity contribution in [1.29, 1.82) is 5.26 Å². The van der Waals surface area contributed by atoms with Gasteiger partial charge in [-0.2, -0.15) is 5.26 Å². The lowest BCUT2D eigenvalue weighted by molar-refractivity contribution is -0.144. The van der Waals surface area contributed by atoms with Crippen molar-refractivity contribution in [2.75, 3.05) is 38.8 Å². The molecule has 2 unspecified atom stereocenters. The van der Waals surface area contributed by atoms with Crippen molar-refractivity contribution in [3.8, 4) is 6.07 Å². The maximum Gasteiger partial charge on any atom is 0.328 e. The Labute approximate surface area is 235 Å². The first-order valence-electron chi connectivity index (χ1n) is 13.0. The fourth-order valence-corrected chi connectivity index (χ4v) is 3.94. The number of esters is 2. The summed E-state index contributed by atoms with van der Waals surface area (Å²) in [6.07, 6.45) is 0.277. The number of nitrogens with one attached hydrogen (secondary N) is 2. The zero-order valence-electron chi connectivity index (χ0n) is 23.3. The lowest BCUT2D eigenvalue weighted by Gasteiger charge is -2.30. The molecule has 2 N–H and O–H groups in total. The number of anilines is 1. The van der Waals surface area contributed by atoms with Crippen LogP contribution in [-0.4, -0.2) is 74.8 Å². The van der Waals surface area contributed by atoms with Crippen LogP contribution >= 0.6 is 0 Å². The summed E-state index contributed by atoms with van der Waals surface area (Å²) in [7, 11) is 2.50. The van der Waals surface area contributed by atoms with Crippen LogP contribution in [0.1, 0.15) is 25.8 Å². The number of urea groups is 2. The second kappa shape index (κ2) is 16.4. The maximum atomic E-state index is 13.5. The van der Waals surface area contributed by atoms with Crippen molar-refractivity contribution in [2.45, 2.75) is 38.8 Å². The highest BCUT2D eigenvalue weighted by atomic mass is 16.5. The van der Waals surface area contributed by atoms with E-state index in [1.807, 2.05) is 36.4 Å². The van der Waals surface area contributed by atoms with Gasteiger partial charge in [0.05, 0.1) is 26.7 Å². The van der Waals surface area contributed by atoms with E-state index in [-0.39, 0.29) is 38.4 Å². The molecular formula is C29H37N5O6. The van der Waals surface area contributed by atoms with Gasteiger partial charge >= 0.3 is 24.0 Å². The number of benzene rings is 2. The van der Waals surface area contributed by atoms with E-state index in [1.165, 1.54) is 24.0 Å². The Kier molecular flexibility index (Phi) is 13.0. The summed E-state index contributed by atoms with van der Waals surface area (Å²) in [5, 5.41) is 14.6. The van der Waals surface area contributed by atoms with E-state index in [2.05, 4.69) is 10.6 Å². The van der Waals surface area contributed by atoms with Crippen LogP contribution in [0, 0.1) is 17.2 Å². The Morgan fingerprint density at radius 3 is 1.98 bits per heavy atom. The summed E-state index contributed by atoms with van der Waals surface area (Å²) in [5.41, 5.74) is 1.38. The van der Waals surface area contributed by atoms with Gasteiger partial charge in [-0.3, -0.25) is 4.90 Å². The number of para-hydroxylation sites is 1. The molecule has 4 amide bonds. The third kappa shape index (κ3) is 9.62. The van der Waals surface area contributed by atoms with Crippen LogP contribution < -0.4 is 15.5 Å². The number of carbonyl (C=O) groups excluding carboxylic acids is 4. The molecule has 0 saturated heterocycles. The number of hydrogen-bond acceptors (Lipinski definition) is 7. The fraction of sp³-hybridized carbons (Fsp3) is 0.414. The molecule has 11 nitrogen and oxygen atoms in total. The minimum Gasteiger partial charge on any atom is -0.467 e. The summed E-state index contributed by atoms with van der Waals surface area (Å²) in [6, 6.07) is 17.1. The quantitative estimate of drug-likeness (QED) is 0.365. The second-order valence-electron chi connectivity index (χ2n) is 9.29. The highest BCUT2D eigenvalue weighted by molar-refractivity contribution is 5.95. The Bertz CT molecular complexity index is 1150. The zero-order chi connectivity index (χ0) is 29.5. The average Bonchev–Trinajstić information content (AvgIpc) is 2.97. The van der Waals surface area contributed by atoms with Crippen LogP contribution in [0.2, 0.25) is 0 Å². The SMILES string of the molecule is COC(=O)C(Cc1ccccc1)NC(=O)N(CCN(CCC#N)C(=O)NC(C(=O)OC)C(C)C)c1ccccc1. The molecule has 0 saturated carbocycles. The molecule has 40 heavy (non-hydrogen) atoms. The van der Waals surface area contributed by atoms with Crippen molar-refractivity contribution < 1.29 is 28.7 Å². The molecule has 11 heteroatoms. The van der Waals surface area contributed by atoms with Gasteiger partial charge in [0.25, 0.3) is 0 Å². The van der Waals surface area contributed by atoms with E-state index in [0.717, 1.165) is 5.56 Å². The number of nitriles is 1. The minimum atomic E-state index is -0.948. The van der Waals surface area contributed by atoms with Gasteiger partial charge in [-0.05, 0) is 23.6 Å². The second-order valence-corrected chi connectivity index (χ2v) is 9.29. The molecule has 0 aromatic heterocycles. The third-order valence-corrected chi connectivity index (χ3v) is 6.15. The van der Waals surface area contributed by atoms with Crippen LogP contribution in [0.3, 0.4) is 0 Å². The van der Waals surface area contributed by atoms with Crippen molar-refractivity contribution in [1.82, 2.24) is 15.5 Å². The first-order chi connectivity index (χ1) is 19.2. The molecule has 0 fully saturated rings. The fourth-order valence-electron chi connectivity index (χ4n) is 3.94. The molecule has 2 atom stereocenters. The normalized spacial score (nSPS) is 11.9. The molecule has 0 aliphatic carbocycles. The van der Waals surface area contributed by atoms with E-state index in [1.54, 1.807) is 44.2 Å². The van der Waals surface area contributed by atoms with Crippen LogP contribution in [0.5, 0.6) is 0 Å². The Hall–Kier alpha value is -4.59. The Morgan fingerprint density at radius 2 is 1.43 bits per heavy atom. The lowest BCUT2D eigenvalue weighted by atomic mass is 10.1. The molecule has 2 rings (SSSR count). The van der Waals surface area contributed by atoms with E-state index < -0.39 is 36.1 Å². The van der Waals surface area contributed by atoms with Crippen molar-refractivity contribution in [2.24, 2.45) is 5.92 Å². The van der Waals surface area contributed by atoms with Crippen LogP contribution in [-0.2, 0) is 25.5 Å². The zero-order valence-corrected chi connectivity index (χ0v) is 23.3. The number of amides is 4. The minimum absolute atomic E-state index is 0.0402.